The fourth-order valence-corrected chi connectivity index (χ4v) is 3.11. The third kappa shape index (κ3) is 5.10. The van der Waals surface area contributed by atoms with Crippen LogP contribution in [0.4, 0.5) is 5.69 Å². The Morgan fingerprint density at radius 2 is 1.67 bits per heavy atom. The minimum Gasteiger partial charge on any atom is -0.325 e. The van der Waals surface area contributed by atoms with E-state index in [2.05, 4.69) is 17.4 Å². The zero-order chi connectivity index (χ0) is 15.1. The maximum atomic E-state index is 12.2. The van der Waals surface area contributed by atoms with Gasteiger partial charge in [-0.05, 0) is 24.6 Å². The second kappa shape index (κ2) is 7.53. The molecule has 1 unspecified atom stereocenters. The molecule has 2 rings (SSSR count). The van der Waals surface area contributed by atoms with Gasteiger partial charge < -0.3 is 5.32 Å². The van der Waals surface area contributed by atoms with Crippen LogP contribution in [0.15, 0.2) is 60.7 Å². The quantitative estimate of drug-likeness (QED) is 0.791. The van der Waals surface area contributed by atoms with Crippen LogP contribution in [0.5, 0.6) is 0 Å². The molecule has 1 N–H and O–H groups in total. The van der Waals surface area contributed by atoms with Crippen LogP contribution in [-0.2, 0) is 10.5 Å². The summed E-state index contributed by atoms with van der Waals surface area (Å²) in [6.07, 6.45) is 0. The molecule has 4 heteroatoms. The molecule has 2 aromatic carbocycles. The van der Waals surface area contributed by atoms with E-state index in [1.807, 2.05) is 48.5 Å². The number of alkyl halides is 1. The van der Waals surface area contributed by atoms with E-state index in [9.17, 15) is 4.79 Å². The standard InChI is InChI=1S/C17H18ClNOS/c1-17(18,13-21-12-14-8-4-2-5-9-14)16(20)19-15-10-6-3-7-11-15/h2-11H,12-13H2,1H3,(H,19,20). The molecule has 110 valence electrons. The summed E-state index contributed by atoms with van der Waals surface area (Å²) in [4.78, 5) is 11.3. The predicted molar refractivity (Wildman–Crippen MR) is 91.9 cm³/mol. The number of para-hydroxylation sites is 1. The third-order valence-corrected chi connectivity index (χ3v) is 4.77. The maximum absolute atomic E-state index is 12.2. The van der Waals surface area contributed by atoms with E-state index >= 15 is 0 Å². The number of amides is 1. The van der Waals surface area contributed by atoms with Gasteiger partial charge in [0, 0.05) is 17.2 Å². The smallest absolute Gasteiger partial charge is 0.246 e. The maximum Gasteiger partial charge on any atom is 0.246 e. The van der Waals surface area contributed by atoms with Crippen molar-refractivity contribution >= 4 is 35.0 Å². The molecule has 0 aliphatic heterocycles. The SMILES string of the molecule is CC(Cl)(CSCc1ccccc1)C(=O)Nc1ccccc1. The van der Waals surface area contributed by atoms with E-state index in [1.54, 1.807) is 18.7 Å². The number of rotatable bonds is 6. The number of hydrogen-bond acceptors (Lipinski definition) is 2. The van der Waals surface area contributed by atoms with Gasteiger partial charge in [0.15, 0.2) is 0 Å². The molecular formula is C17H18ClNOS. The number of benzene rings is 2. The van der Waals surface area contributed by atoms with Crippen LogP contribution < -0.4 is 5.32 Å². The van der Waals surface area contributed by atoms with Crippen molar-refractivity contribution in [1.82, 2.24) is 0 Å². The minimum absolute atomic E-state index is 0.170. The van der Waals surface area contributed by atoms with Crippen molar-refractivity contribution in [1.29, 1.82) is 0 Å². The lowest BCUT2D eigenvalue weighted by molar-refractivity contribution is -0.117. The minimum atomic E-state index is -0.921. The van der Waals surface area contributed by atoms with Crippen LogP contribution in [0.1, 0.15) is 12.5 Å². The molecule has 0 fully saturated rings. The van der Waals surface area contributed by atoms with Crippen molar-refractivity contribution in [3.05, 3.63) is 66.2 Å². The summed E-state index contributed by atoms with van der Waals surface area (Å²) in [6.45, 7) is 1.75. The Labute approximate surface area is 134 Å². The van der Waals surface area contributed by atoms with Gasteiger partial charge in [-0.25, -0.2) is 0 Å². The number of carbonyl (C=O) groups is 1. The summed E-state index contributed by atoms with van der Waals surface area (Å²) >= 11 is 8.03. The first kappa shape index (κ1) is 15.9. The summed E-state index contributed by atoms with van der Waals surface area (Å²) < 4.78 is 0. The lowest BCUT2D eigenvalue weighted by atomic mass is 10.2. The van der Waals surface area contributed by atoms with Gasteiger partial charge in [0.1, 0.15) is 4.87 Å². The molecule has 1 atom stereocenters. The van der Waals surface area contributed by atoms with Gasteiger partial charge in [0.25, 0.3) is 0 Å². The van der Waals surface area contributed by atoms with Gasteiger partial charge in [-0.2, -0.15) is 11.8 Å². The predicted octanol–water partition coefficient (Wildman–Crippen LogP) is 4.56. The molecular weight excluding hydrogens is 302 g/mol. The summed E-state index contributed by atoms with van der Waals surface area (Å²) in [6, 6.07) is 19.5. The Morgan fingerprint density at radius 1 is 1.10 bits per heavy atom. The Balaban J connectivity index is 1.84. The Kier molecular flexibility index (Phi) is 5.71. The number of nitrogens with one attached hydrogen (secondary N) is 1. The summed E-state index contributed by atoms with van der Waals surface area (Å²) in [5, 5.41) is 2.85. The molecule has 0 spiro atoms. The number of carbonyl (C=O) groups excluding carboxylic acids is 1. The van der Waals surface area contributed by atoms with Crippen molar-refractivity contribution in [2.45, 2.75) is 17.6 Å². The molecule has 0 aliphatic carbocycles. The fraction of sp³-hybridized carbons (Fsp3) is 0.235. The van der Waals surface area contributed by atoms with Gasteiger partial charge in [-0.3, -0.25) is 4.79 Å². The van der Waals surface area contributed by atoms with Crippen LogP contribution in [0.2, 0.25) is 0 Å². The Bertz CT molecular complexity index is 572. The molecule has 0 saturated carbocycles. The average Bonchev–Trinajstić information content (AvgIpc) is 2.49. The van der Waals surface area contributed by atoms with Gasteiger partial charge in [-0.15, -0.1) is 11.6 Å². The first-order valence-electron chi connectivity index (χ1n) is 6.75. The zero-order valence-corrected chi connectivity index (χ0v) is 13.5. The van der Waals surface area contributed by atoms with Gasteiger partial charge >= 0.3 is 0 Å². The van der Waals surface area contributed by atoms with Crippen LogP contribution in [0.25, 0.3) is 0 Å². The first-order chi connectivity index (χ1) is 10.1. The second-order valence-electron chi connectivity index (χ2n) is 5.00. The number of anilines is 1. The average molecular weight is 320 g/mol. The molecule has 2 aromatic rings. The number of thioether (sulfide) groups is 1. The lowest BCUT2D eigenvalue weighted by Gasteiger charge is -2.20. The van der Waals surface area contributed by atoms with Crippen molar-refractivity contribution < 1.29 is 4.79 Å². The molecule has 0 radical (unpaired) electrons. The van der Waals surface area contributed by atoms with Crippen molar-refractivity contribution in [3.63, 3.8) is 0 Å². The van der Waals surface area contributed by atoms with Crippen molar-refractivity contribution in [3.8, 4) is 0 Å². The molecule has 0 bridgehead atoms. The van der Waals surface area contributed by atoms with Gasteiger partial charge in [-0.1, -0.05) is 48.5 Å². The van der Waals surface area contributed by atoms with E-state index in [0.717, 1.165) is 11.4 Å². The molecule has 0 aliphatic rings. The van der Waals surface area contributed by atoms with Crippen LogP contribution in [-0.4, -0.2) is 16.5 Å². The van der Waals surface area contributed by atoms with E-state index in [0.29, 0.717) is 5.75 Å². The summed E-state index contributed by atoms with van der Waals surface area (Å²) in [5.74, 6) is 1.24. The zero-order valence-electron chi connectivity index (χ0n) is 11.9. The highest BCUT2D eigenvalue weighted by molar-refractivity contribution is 7.98. The van der Waals surface area contributed by atoms with Crippen molar-refractivity contribution in [2.75, 3.05) is 11.1 Å². The fourth-order valence-electron chi connectivity index (χ4n) is 1.78. The van der Waals surface area contributed by atoms with Gasteiger partial charge in [0.05, 0.1) is 0 Å². The Hall–Kier alpha value is -1.45. The molecule has 2 nitrogen and oxygen atoms in total. The Morgan fingerprint density at radius 3 is 2.29 bits per heavy atom. The van der Waals surface area contributed by atoms with Crippen LogP contribution in [0, 0.1) is 0 Å². The highest BCUT2D eigenvalue weighted by Crippen LogP contribution is 2.25. The number of halogens is 1. The molecule has 21 heavy (non-hydrogen) atoms. The molecule has 0 aromatic heterocycles. The van der Waals surface area contributed by atoms with E-state index < -0.39 is 4.87 Å². The van der Waals surface area contributed by atoms with Crippen LogP contribution in [0.3, 0.4) is 0 Å². The molecule has 0 heterocycles. The third-order valence-electron chi connectivity index (χ3n) is 2.99. The summed E-state index contributed by atoms with van der Waals surface area (Å²) in [5.41, 5.74) is 2.00. The molecule has 0 saturated heterocycles. The van der Waals surface area contributed by atoms with E-state index in [-0.39, 0.29) is 5.91 Å². The number of hydrogen-bond donors (Lipinski definition) is 1. The monoisotopic (exact) mass is 319 g/mol. The normalized spacial score (nSPS) is 13.4. The van der Waals surface area contributed by atoms with E-state index in [1.165, 1.54) is 5.56 Å². The second-order valence-corrected chi connectivity index (χ2v) is 6.82. The highest BCUT2D eigenvalue weighted by Gasteiger charge is 2.30. The lowest BCUT2D eigenvalue weighted by Crippen LogP contribution is -2.37. The summed E-state index contributed by atoms with van der Waals surface area (Å²) in [7, 11) is 0. The largest absolute Gasteiger partial charge is 0.325 e. The van der Waals surface area contributed by atoms with E-state index in [4.69, 9.17) is 11.6 Å². The van der Waals surface area contributed by atoms with Gasteiger partial charge in [0.2, 0.25) is 5.91 Å². The van der Waals surface area contributed by atoms with Crippen molar-refractivity contribution in [2.24, 2.45) is 0 Å². The highest BCUT2D eigenvalue weighted by atomic mass is 35.5. The molecule has 1 amide bonds. The first-order valence-corrected chi connectivity index (χ1v) is 8.28. The topological polar surface area (TPSA) is 29.1 Å². The van der Waals surface area contributed by atoms with Crippen LogP contribution >= 0.6 is 23.4 Å².